The summed E-state index contributed by atoms with van der Waals surface area (Å²) in [5, 5.41) is 4.38. The van der Waals surface area contributed by atoms with E-state index in [4.69, 9.17) is 5.84 Å². The largest absolute Gasteiger partial charge is 0.271 e. The van der Waals surface area contributed by atoms with Crippen molar-refractivity contribution in [1.29, 1.82) is 0 Å². The van der Waals surface area contributed by atoms with Crippen LogP contribution in [-0.4, -0.2) is 9.61 Å². The average Bonchev–Trinajstić information content (AvgIpc) is 3.05. The Morgan fingerprint density at radius 3 is 3.00 bits per heavy atom. The van der Waals surface area contributed by atoms with Crippen molar-refractivity contribution in [1.82, 2.24) is 15.0 Å². The summed E-state index contributed by atoms with van der Waals surface area (Å²) in [5.74, 6) is 6.56. The lowest BCUT2D eigenvalue weighted by Crippen LogP contribution is -2.29. The zero-order chi connectivity index (χ0) is 12.4. The van der Waals surface area contributed by atoms with Crippen molar-refractivity contribution in [2.45, 2.75) is 38.1 Å². The van der Waals surface area contributed by atoms with Crippen LogP contribution in [0.5, 0.6) is 0 Å². The summed E-state index contributed by atoms with van der Waals surface area (Å²) in [7, 11) is 0. The number of pyridine rings is 1. The Morgan fingerprint density at radius 1 is 1.39 bits per heavy atom. The highest BCUT2D eigenvalue weighted by Gasteiger charge is 2.22. The lowest BCUT2D eigenvalue weighted by Gasteiger charge is -2.19. The van der Waals surface area contributed by atoms with E-state index in [1.54, 1.807) is 0 Å². The Balaban J connectivity index is 1.86. The fraction of sp³-hybridized carbons (Fsp3) is 0.500. The predicted octanol–water partition coefficient (Wildman–Crippen LogP) is 2.42. The van der Waals surface area contributed by atoms with Crippen LogP contribution in [0.4, 0.5) is 0 Å². The molecule has 4 nitrogen and oxygen atoms in total. The van der Waals surface area contributed by atoms with Crippen molar-refractivity contribution < 1.29 is 0 Å². The van der Waals surface area contributed by atoms with Crippen molar-refractivity contribution in [2.24, 2.45) is 11.8 Å². The number of nitrogens with zero attached hydrogens (tertiary/aromatic N) is 2. The minimum Gasteiger partial charge on any atom is -0.271 e. The van der Waals surface area contributed by atoms with Gasteiger partial charge in [0.25, 0.3) is 0 Å². The molecule has 2 aromatic rings. The summed E-state index contributed by atoms with van der Waals surface area (Å²) >= 11 is 0. The molecule has 3 N–H and O–H groups in total. The summed E-state index contributed by atoms with van der Waals surface area (Å²) in [6.45, 7) is 0. The molecule has 1 unspecified atom stereocenters. The lowest BCUT2D eigenvalue weighted by molar-refractivity contribution is 0.401. The van der Waals surface area contributed by atoms with E-state index >= 15 is 0 Å². The van der Waals surface area contributed by atoms with Gasteiger partial charge in [0.15, 0.2) is 0 Å². The maximum absolute atomic E-state index is 5.75. The smallest absolute Gasteiger partial charge is 0.0709 e. The zero-order valence-electron chi connectivity index (χ0n) is 10.5. The molecule has 0 spiro atoms. The third kappa shape index (κ3) is 2.13. The molecule has 0 saturated heterocycles. The molecule has 1 saturated carbocycles. The molecule has 18 heavy (non-hydrogen) atoms. The number of nitrogens with one attached hydrogen (secondary N) is 1. The van der Waals surface area contributed by atoms with E-state index in [2.05, 4.69) is 16.6 Å². The minimum atomic E-state index is 0.216. The number of aromatic nitrogens is 2. The molecule has 2 aromatic heterocycles. The summed E-state index contributed by atoms with van der Waals surface area (Å²) < 4.78 is 1.91. The first kappa shape index (κ1) is 11.7. The Hall–Kier alpha value is -1.39. The quantitative estimate of drug-likeness (QED) is 0.641. The third-order valence-corrected chi connectivity index (χ3v) is 4.08. The van der Waals surface area contributed by atoms with Crippen LogP contribution in [0, 0.1) is 5.92 Å². The Morgan fingerprint density at radius 2 is 2.22 bits per heavy atom. The average molecular weight is 244 g/mol. The second-order valence-corrected chi connectivity index (χ2v) is 5.24. The number of hydrogen-bond acceptors (Lipinski definition) is 3. The lowest BCUT2D eigenvalue weighted by atomic mass is 9.95. The first-order valence-electron chi connectivity index (χ1n) is 6.77. The monoisotopic (exact) mass is 244 g/mol. The van der Waals surface area contributed by atoms with Crippen molar-refractivity contribution in [3.8, 4) is 0 Å². The van der Waals surface area contributed by atoms with Gasteiger partial charge in [0.05, 0.1) is 11.7 Å². The number of hydrogen-bond donors (Lipinski definition) is 2. The fourth-order valence-corrected chi connectivity index (χ4v) is 3.09. The van der Waals surface area contributed by atoms with Gasteiger partial charge in [0.1, 0.15) is 0 Å². The molecular formula is C14H20N4. The topological polar surface area (TPSA) is 55.3 Å². The first-order chi connectivity index (χ1) is 8.88. The molecule has 1 fully saturated rings. The van der Waals surface area contributed by atoms with Gasteiger partial charge in [-0.1, -0.05) is 31.7 Å². The van der Waals surface area contributed by atoms with Gasteiger partial charge >= 0.3 is 0 Å². The summed E-state index contributed by atoms with van der Waals surface area (Å²) in [4.78, 5) is 0. The molecule has 96 valence electrons. The van der Waals surface area contributed by atoms with Gasteiger partial charge in [-0.05, 0) is 24.5 Å². The van der Waals surface area contributed by atoms with Gasteiger partial charge < -0.3 is 0 Å². The zero-order valence-corrected chi connectivity index (χ0v) is 10.5. The Labute approximate surface area is 107 Å². The maximum atomic E-state index is 5.75. The van der Waals surface area contributed by atoms with Gasteiger partial charge in [-0.2, -0.15) is 5.10 Å². The van der Waals surface area contributed by atoms with E-state index in [9.17, 15) is 0 Å². The minimum absolute atomic E-state index is 0.216. The molecular weight excluding hydrogens is 224 g/mol. The van der Waals surface area contributed by atoms with E-state index in [0.717, 1.165) is 17.9 Å². The molecule has 0 bridgehead atoms. The van der Waals surface area contributed by atoms with Crippen molar-refractivity contribution >= 4 is 5.52 Å². The molecule has 1 aliphatic carbocycles. The summed E-state index contributed by atoms with van der Waals surface area (Å²) in [6, 6.07) is 6.35. The maximum Gasteiger partial charge on any atom is 0.0709 e. The summed E-state index contributed by atoms with van der Waals surface area (Å²) in [5.41, 5.74) is 5.33. The van der Waals surface area contributed by atoms with Crippen LogP contribution in [0.1, 0.15) is 43.7 Å². The number of fused-ring (bicyclic) bond motifs is 1. The van der Waals surface area contributed by atoms with E-state index < -0.39 is 0 Å². The van der Waals surface area contributed by atoms with Crippen molar-refractivity contribution in [2.75, 3.05) is 0 Å². The number of hydrazine groups is 1. The van der Waals surface area contributed by atoms with Gasteiger partial charge in [-0.25, -0.2) is 4.52 Å². The van der Waals surface area contributed by atoms with Crippen LogP contribution < -0.4 is 11.3 Å². The van der Waals surface area contributed by atoms with Crippen LogP contribution in [0.25, 0.3) is 5.52 Å². The van der Waals surface area contributed by atoms with Crippen LogP contribution in [0.2, 0.25) is 0 Å². The van der Waals surface area contributed by atoms with Crippen LogP contribution in [0.15, 0.2) is 30.6 Å². The fourth-order valence-electron chi connectivity index (χ4n) is 3.09. The predicted molar refractivity (Wildman–Crippen MR) is 71.8 cm³/mol. The second kappa shape index (κ2) is 5.08. The highest BCUT2D eigenvalue weighted by Crippen LogP contribution is 2.33. The SMILES string of the molecule is NNC(CC1CCCC1)c1cnn2ccccc12. The van der Waals surface area contributed by atoms with Gasteiger partial charge in [-0.3, -0.25) is 11.3 Å². The molecule has 0 amide bonds. The second-order valence-electron chi connectivity index (χ2n) is 5.24. The molecule has 0 aromatic carbocycles. The molecule has 2 heterocycles. The highest BCUT2D eigenvalue weighted by atomic mass is 15.3. The Kier molecular flexibility index (Phi) is 3.30. The van der Waals surface area contributed by atoms with Crippen molar-refractivity contribution in [3.05, 3.63) is 36.2 Å². The molecule has 3 rings (SSSR count). The number of rotatable bonds is 4. The molecule has 4 heteroatoms. The normalized spacial score (nSPS) is 18.5. The van der Waals surface area contributed by atoms with E-state index in [1.165, 1.54) is 31.2 Å². The number of nitrogens with two attached hydrogens (primary N) is 1. The van der Waals surface area contributed by atoms with E-state index in [-0.39, 0.29) is 6.04 Å². The van der Waals surface area contributed by atoms with Gasteiger partial charge in [0.2, 0.25) is 0 Å². The van der Waals surface area contributed by atoms with Gasteiger partial charge in [0, 0.05) is 17.8 Å². The molecule has 0 radical (unpaired) electrons. The molecule has 1 aliphatic rings. The van der Waals surface area contributed by atoms with Crippen molar-refractivity contribution in [3.63, 3.8) is 0 Å². The molecule has 1 atom stereocenters. The van der Waals surface area contributed by atoms with E-state index in [0.29, 0.717) is 0 Å². The highest BCUT2D eigenvalue weighted by molar-refractivity contribution is 5.54. The van der Waals surface area contributed by atoms with Crippen LogP contribution in [-0.2, 0) is 0 Å². The summed E-state index contributed by atoms with van der Waals surface area (Å²) in [6.07, 6.45) is 10.5. The Bertz CT molecular complexity index is 513. The van der Waals surface area contributed by atoms with Gasteiger partial charge in [-0.15, -0.1) is 0 Å². The standard InChI is InChI=1S/C14H20N4/c15-17-13(9-11-5-1-2-6-11)12-10-16-18-8-4-3-7-14(12)18/h3-4,7-8,10-11,13,17H,1-2,5-6,9,15H2. The third-order valence-electron chi connectivity index (χ3n) is 4.08. The first-order valence-corrected chi connectivity index (χ1v) is 6.77. The van der Waals surface area contributed by atoms with Crippen LogP contribution in [0.3, 0.4) is 0 Å². The van der Waals surface area contributed by atoms with Crippen LogP contribution >= 0.6 is 0 Å². The van der Waals surface area contributed by atoms with E-state index in [1.807, 2.05) is 29.0 Å². The molecule has 0 aliphatic heterocycles.